The van der Waals surface area contributed by atoms with E-state index >= 15 is 0 Å². The van der Waals surface area contributed by atoms with Gasteiger partial charge in [-0.05, 0) is 31.5 Å². The lowest BCUT2D eigenvalue weighted by molar-refractivity contribution is 0.255. The third-order valence-electron chi connectivity index (χ3n) is 5.09. The second-order valence-electron chi connectivity index (χ2n) is 6.89. The highest BCUT2D eigenvalue weighted by Gasteiger charge is 2.16. The zero-order chi connectivity index (χ0) is 17.6. The van der Waals surface area contributed by atoms with Gasteiger partial charge < -0.3 is 9.88 Å². The molecule has 1 N–H and O–H groups in total. The second kappa shape index (κ2) is 8.19. The predicted octanol–water partition coefficient (Wildman–Crippen LogP) is 3.83. The van der Waals surface area contributed by atoms with Crippen molar-refractivity contribution in [2.24, 2.45) is 0 Å². The van der Waals surface area contributed by atoms with E-state index in [2.05, 4.69) is 62.2 Å². The quantitative estimate of drug-likeness (QED) is 0.737. The Balaban J connectivity index is 1.22. The molecular weight excluding hydrogens is 320 g/mol. The lowest BCUT2D eigenvalue weighted by atomic mass is 10.2. The molecule has 1 aromatic heterocycles. The van der Waals surface area contributed by atoms with E-state index in [1.54, 1.807) is 0 Å². The Kier molecular flexibility index (Phi) is 5.31. The molecule has 1 aliphatic heterocycles. The van der Waals surface area contributed by atoms with Crippen molar-refractivity contribution in [2.45, 2.75) is 12.8 Å². The van der Waals surface area contributed by atoms with E-state index in [9.17, 15) is 0 Å². The van der Waals surface area contributed by atoms with E-state index in [1.807, 2.05) is 24.4 Å². The van der Waals surface area contributed by atoms with Crippen molar-refractivity contribution >= 4 is 5.69 Å². The van der Waals surface area contributed by atoms with Gasteiger partial charge in [-0.15, -0.1) is 0 Å². The first-order chi connectivity index (χ1) is 12.9. The minimum Gasteiger partial charge on any atom is -0.369 e. The molecule has 1 aliphatic rings. The second-order valence-corrected chi connectivity index (χ2v) is 6.89. The number of para-hydroxylation sites is 1. The molecule has 1 fully saturated rings. The number of imidazole rings is 1. The SMILES string of the molecule is c1ccc(-c2ncc(CCCN3CCN(c4ccccc4)CC3)[nH]2)cc1. The van der Waals surface area contributed by atoms with Gasteiger partial charge in [-0.25, -0.2) is 4.98 Å². The van der Waals surface area contributed by atoms with Crippen LogP contribution in [0, 0.1) is 0 Å². The highest BCUT2D eigenvalue weighted by Crippen LogP contribution is 2.17. The van der Waals surface area contributed by atoms with Crippen molar-refractivity contribution in [1.82, 2.24) is 14.9 Å². The average molecular weight is 346 g/mol. The molecule has 134 valence electrons. The Labute approximate surface area is 155 Å². The Morgan fingerprint density at radius 3 is 2.27 bits per heavy atom. The molecule has 0 bridgehead atoms. The van der Waals surface area contributed by atoms with Gasteiger partial charge in [0.15, 0.2) is 0 Å². The highest BCUT2D eigenvalue weighted by molar-refractivity contribution is 5.54. The molecular formula is C22H26N4. The zero-order valence-corrected chi connectivity index (χ0v) is 15.1. The Morgan fingerprint density at radius 1 is 0.846 bits per heavy atom. The van der Waals surface area contributed by atoms with Crippen molar-refractivity contribution in [3.63, 3.8) is 0 Å². The number of aromatic amines is 1. The van der Waals surface area contributed by atoms with Crippen LogP contribution in [0.4, 0.5) is 5.69 Å². The molecule has 26 heavy (non-hydrogen) atoms. The lowest BCUT2D eigenvalue weighted by Gasteiger charge is -2.36. The minimum absolute atomic E-state index is 0.970. The summed E-state index contributed by atoms with van der Waals surface area (Å²) in [4.78, 5) is 13.0. The number of rotatable bonds is 6. The largest absolute Gasteiger partial charge is 0.369 e. The molecule has 4 rings (SSSR count). The highest BCUT2D eigenvalue weighted by atomic mass is 15.3. The molecule has 0 amide bonds. The van der Waals surface area contributed by atoms with E-state index < -0.39 is 0 Å². The number of aryl methyl sites for hydroxylation is 1. The fraction of sp³-hybridized carbons (Fsp3) is 0.318. The van der Waals surface area contributed by atoms with Gasteiger partial charge in [-0.1, -0.05) is 48.5 Å². The first-order valence-corrected chi connectivity index (χ1v) is 9.50. The van der Waals surface area contributed by atoms with Crippen molar-refractivity contribution < 1.29 is 0 Å². The number of hydrogen-bond acceptors (Lipinski definition) is 3. The molecule has 0 atom stereocenters. The van der Waals surface area contributed by atoms with Gasteiger partial charge >= 0.3 is 0 Å². The fourth-order valence-electron chi connectivity index (χ4n) is 3.59. The van der Waals surface area contributed by atoms with Crippen molar-refractivity contribution in [3.8, 4) is 11.4 Å². The standard InChI is InChI=1S/C22H26N4/c1-3-8-19(9-4-1)22-23-18-20(24-22)10-7-13-25-14-16-26(17-15-25)21-11-5-2-6-12-21/h1-6,8-9,11-12,18H,7,10,13-17H2,(H,23,24). The molecule has 0 radical (unpaired) electrons. The summed E-state index contributed by atoms with van der Waals surface area (Å²) in [6.45, 7) is 5.68. The Hall–Kier alpha value is -2.59. The number of aromatic nitrogens is 2. The molecule has 4 nitrogen and oxygen atoms in total. The van der Waals surface area contributed by atoms with Gasteiger partial charge in [-0.2, -0.15) is 0 Å². The molecule has 2 heterocycles. The van der Waals surface area contributed by atoms with E-state index in [0.29, 0.717) is 0 Å². The van der Waals surface area contributed by atoms with Gasteiger partial charge in [0, 0.05) is 49.3 Å². The third-order valence-corrected chi connectivity index (χ3v) is 5.09. The van der Waals surface area contributed by atoms with E-state index in [-0.39, 0.29) is 0 Å². The van der Waals surface area contributed by atoms with Crippen LogP contribution in [-0.2, 0) is 6.42 Å². The van der Waals surface area contributed by atoms with E-state index in [0.717, 1.165) is 50.5 Å². The van der Waals surface area contributed by atoms with Crippen LogP contribution in [-0.4, -0.2) is 47.6 Å². The average Bonchev–Trinajstić information content (AvgIpc) is 3.19. The van der Waals surface area contributed by atoms with Crippen LogP contribution in [0.5, 0.6) is 0 Å². The topological polar surface area (TPSA) is 35.2 Å². The minimum atomic E-state index is 0.970. The number of benzene rings is 2. The molecule has 3 aromatic rings. The van der Waals surface area contributed by atoms with Crippen molar-refractivity contribution in [3.05, 3.63) is 72.6 Å². The van der Waals surface area contributed by atoms with Gasteiger partial charge in [0.05, 0.1) is 0 Å². The number of nitrogens with one attached hydrogen (secondary N) is 1. The van der Waals surface area contributed by atoms with Crippen molar-refractivity contribution in [2.75, 3.05) is 37.6 Å². The third kappa shape index (κ3) is 4.14. The van der Waals surface area contributed by atoms with Crippen LogP contribution in [0.1, 0.15) is 12.1 Å². The maximum Gasteiger partial charge on any atom is 0.137 e. The number of nitrogens with zero attached hydrogens (tertiary/aromatic N) is 3. The number of anilines is 1. The fourth-order valence-corrected chi connectivity index (χ4v) is 3.59. The normalized spacial score (nSPS) is 15.3. The molecule has 0 aliphatic carbocycles. The molecule has 1 saturated heterocycles. The summed E-state index contributed by atoms with van der Waals surface area (Å²) in [5.41, 5.74) is 3.72. The summed E-state index contributed by atoms with van der Waals surface area (Å²) in [5.74, 6) is 0.970. The molecule has 0 spiro atoms. The molecule has 0 unspecified atom stereocenters. The van der Waals surface area contributed by atoms with E-state index in [4.69, 9.17) is 0 Å². The van der Waals surface area contributed by atoms with Gasteiger partial charge in [0.2, 0.25) is 0 Å². The van der Waals surface area contributed by atoms with Gasteiger partial charge in [0.25, 0.3) is 0 Å². The summed E-state index contributed by atoms with van der Waals surface area (Å²) in [6.07, 6.45) is 4.20. The summed E-state index contributed by atoms with van der Waals surface area (Å²) in [7, 11) is 0. The summed E-state index contributed by atoms with van der Waals surface area (Å²) in [6, 6.07) is 21.0. The maximum atomic E-state index is 4.52. The van der Waals surface area contributed by atoms with Crippen LogP contribution in [0.2, 0.25) is 0 Å². The number of piperazine rings is 1. The van der Waals surface area contributed by atoms with Crippen molar-refractivity contribution in [1.29, 1.82) is 0 Å². The van der Waals surface area contributed by atoms with Gasteiger partial charge in [0.1, 0.15) is 5.82 Å². The lowest BCUT2D eigenvalue weighted by Crippen LogP contribution is -2.46. The summed E-state index contributed by atoms with van der Waals surface area (Å²) < 4.78 is 0. The molecule has 2 aromatic carbocycles. The zero-order valence-electron chi connectivity index (χ0n) is 15.1. The van der Waals surface area contributed by atoms with Crippen LogP contribution in [0.15, 0.2) is 66.9 Å². The predicted molar refractivity (Wildman–Crippen MR) is 107 cm³/mol. The first kappa shape index (κ1) is 16.9. The maximum absolute atomic E-state index is 4.52. The van der Waals surface area contributed by atoms with Crippen LogP contribution in [0.3, 0.4) is 0 Å². The molecule has 0 saturated carbocycles. The first-order valence-electron chi connectivity index (χ1n) is 9.50. The Morgan fingerprint density at radius 2 is 1.54 bits per heavy atom. The number of hydrogen-bond donors (Lipinski definition) is 1. The van der Waals surface area contributed by atoms with Crippen LogP contribution < -0.4 is 4.90 Å². The van der Waals surface area contributed by atoms with E-state index in [1.165, 1.54) is 17.8 Å². The number of H-pyrrole nitrogens is 1. The monoisotopic (exact) mass is 346 g/mol. The molecule has 4 heteroatoms. The Bertz CT molecular complexity index is 789. The van der Waals surface area contributed by atoms with Crippen LogP contribution in [0.25, 0.3) is 11.4 Å². The van der Waals surface area contributed by atoms with Crippen LogP contribution >= 0.6 is 0 Å². The smallest absolute Gasteiger partial charge is 0.137 e. The summed E-state index contributed by atoms with van der Waals surface area (Å²) in [5, 5.41) is 0. The van der Waals surface area contributed by atoms with Gasteiger partial charge in [-0.3, -0.25) is 4.90 Å². The summed E-state index contributed by atoms with van der Waals surface area (Å²) >= 11 is 0.